The van der Waals surface area contributed by atoms with Gasteiger partial charge >= 0.3 is 0 Å². The Morgan fingerprint density at radius 2 is 1.62 bits per heavy atom. The third kappa shape index (κ3) is 1.33. The highest BCUT2D eigenvalue weighted by atomic mass is 35.5. The van der Waals surface area contributed by atoms with Crippen molar-refractivity contribution in [2.45, 2.75) is 0 Å². The van der Waals surface area contributed by atoms with E-state index in [-0.39, 0.29) is 0 Å². The number of fused-ring (bicyclic) bond motifs is 3. The molecule has 3 aromatic rings. The van der Waals surface area contributed by atoms with Gasteiger partial charge in [0, 0.05) is 10.4 Å². The van der Waals surface area contributed by atoms with Crippen LogP contribution >= 0.6 is 11.6 Å². The molecule has 0 amide bonds. The summed E-state index contributed by atoms with van der Waals surface area (Å²) in [6.45, 7) is 0. The average molecular weight is 229 g/mol. The molecule has 0 spiro atoms. The highest BCUT2D eigenvalue weighted by Crippen LogP contribution is 2.33. The van der Waals surface area contributed by atoms with Crippen molar-refractivity contribution in [2.24, 2.45) is 0 Å². The van der Waals surface area contributed by atoms with Gasteiger partial charge in [-0.25, -0.2) is 0 Å². The Kier molecular flexibility index (Phi) is 2.01. The number of aromatic hydroxyl groups is 1. The highest BCUT2D eigenvalue weighted by Gasteiger charge is 2.04. The first-order chi connectivity index (χ1) is 7.75. The first kappa shape index (κ1) is 9.49. The van der Waals surface area contributed by atoms with E-state index in [2.05, 4.69) is 0 Å². The van der Waals surface area contributed by atoms with E-state index in [0.29, 0.717) is 10.8 Å². The normalized spacial score (nSPS) is 11.1. The molecule has 0 fully saturated rings. The SMILES string of the molecule is Oc1cccc2ccc3ccc(Cl)cc3c12. The summed E-state index contributed by atoms with van der Waals surface area (Å²) in [5, 5.41) is 14.6. The van der Waals surface area contributed by atoms with Crippen LogP contribution in [0.15, 0.2) is 48.5 Å². The third-order valence-corrected chi connectivity index (χ3v) is 3.04. The number of phenolic OH excluding ortho intramolecular Hbond substituents is 1. The molecule has 2 heteroatoms. The summed E-state index contributed by atoms with van der Waals surface area (Å²) in [6, 6.07) is 15.3. The van der Waals surface area contributed by atoms with Crippen LogP contribution < -0.4 is 0 Å². The maximum Gasteiger partial charge on any atom is 0.124 e. The van der Waals surface area contributed by atoms with Crippen molar-refractivity contribution in [3.63, 3.8) is 0 Å². The van der Waals surface area contributed by atoms with Gasteiger partial charge in [-0.2, -0.15) is 0 Å². The average Bonchev–Trinajstić information content (AvgIpc) is 2.28. The van der Waals surface area contributed by atoms with E-state index in [1.165, 1.54) is 0 Å². The standard InChI is InChI=1S/C14H9ClO/c15-11-7-6-9-4-5-10-2-1-3-13(16)14(10)12(9)8-11/h1-8,16H. The van der Waals surface area contributed by atoms with E-state index in [0.717, 1.165) is 21.5 Å². The summed E-state index contributed by atoms with van der Waals surface area (Å²) in [4.78, 5) is 0. The van der Waals surface area contributed by atoms with E-state index in [4.69, 9.17) is 11.6 Å². The lowest BCUT2D eigenvalue weighted by atomic mass is 10.0. The molecule has 0 saturated carbocycles. The first-order valence-electron chi connectivity index (χ1n) is 5.06. The van der Waals surface area contributed by atoms with E-state index < -0.39 is 0 Å². The fourth-order valence-electron chi connectivity index (χ4n) is 2.06. The zero-order chi connectivity index (χ0) is 11.1. The quantitative estimate of drug-likeness (QED) is 0.567. The first-order valence-corrected chi connectivity index (χ1v) is 5.43. The Morgan fingerprint density at radius 3 is 2.50 bits per heavy atom. The van der Waals surface area contributed by atoms with Crippen molar-refractivity contribution in [1.82, 2.24) is 0 Å². The zero-order valence-corrected chi connectivity index (χ0v) is 9.20. The molecule has 0 heterocycles. The monoisotopic (exact) mass is 228 g/mol. The predicted molar refractivity (Wildman–Crippen MR) is 68.1 cm³/mol. The molecule has 3 aromatic carbocycles. The van der Waals surface area contributed by atoms with E-state index >= 15 is 0 Å². The second kappa shape index (κ2) is 3.39. The Morgan fingerprint density at radius 1 is 0.875 bits per heavy atom. The van der Waals surface area contributed by atoms with Gasteiger partial charge in [0.15, 0.2) is 0 Å². The van der Waals surface area contributed by atoms with Crippen LogP contribution in [0.25, 0.3) is 21.5 Å². The zero-order valence-electron chi connectivity index (χ0n) is 8.44. The Labute approximate surface area is 97.9 Å². The van der Waals surface area contributed by atoms with E-state index in [9.17, 15) is 5.11 Å². The molecular formula is C14H9ClO. The topological polar surface area (TPSA) is 20.2 Å². The summed E-state index contributed by atoms with van der Waals surface area (Å²) < 4.78 is 0. The van der Waals surface area contributed by atoms with Crippen LogP contribution in [0.5, 0.6) is 5.75 Å². The predicted octanol–water partition coefficient (Wildman–Crippen LogP) is 4.35. The molecule has 0 radical (unpaired) electrons. The molecule has 16 heavy (non-hydrogen) atoms. The molecular weight excluding hydrogens is 220 g/mol. The van der Waals surface area contributed by atoms with E-state index in [1.807, 2.05) is 42.5 Å². The van der Waals surface area contributed by atoms with Crippen LogP contribution in [0.2, 0.25) is 5.02 Å². The molecule has 0 saturated heterocycles. The van der Waals surface area contributed by atoms with Gasteiger partial charge in [-0.1, -0.05) is 41.9 Å². The Balaban J connectivity index is 2.61. The minimum atomic E-state index is 0.297. The molecule has 0 aliphatic carbocycles. The van der Waals surface area contributed by atoms with E-state index in [1.54, 1.807) is 6.07 Å². The minimum Gasteiger partial charge on any atom is -0.507 e. The van der Waals surface area contributed by atoms with Gasteiger partial charge in [-0.05, 0) is 34.4 Å². The second-order valence-electron chi connectivity index (χ2n) is 3.81. The summed E-state index contributed by atoms with van der Waals surface area (Å²) in [5.41, 5.74) is 0. The summed E-state index contributed by atoms with van der Waals surface area (Å²) >= 11 is 5.99. The Hall–Kier alpha value is -1.73. The number of benzene rings is 3. The highest BCUT2D eigenvalue weighted by molar-refractivity contribution is 6.32. The molecule has 0 atom stereocenters. The summed E-state index contributed by atoms with van der Waals surface area (Å²) in [7, 11) is 0. The van der Waals surface area contributed by atoms with Crippen molar-refractivity contribution in [3.8, 4) is 5.75 Å². The number of hydrogen-bond donors (Lipinski definition) is 1. The van der Waals surface area contributed by atoms with Gasteiger partial charge in [0.25, 0.3) is 0 Å². The molecule has 3 rings (SSSR count). The largest absolute Gasteiger partial charge is 0.507 e. The lowest BCUT2D eigenvalue weighted by Crippen LogP contribution is -1.78. The van der Waals surface area contributed by atoms with Crippen molar-refractivity contribution in [3.05, 3.63) is 53.6 Å². The van der Waals surface area contributed by atoms with Gasteiger partial charge in [0.1, 0.15) is 5.75 Å². The van der Waals surface area contributed by atoms with Crippen LogP contribution in [0.1, 0.15) is 0 Å². The number of phenols is 1. The van der Waals surface area contributed by atoms with Gasteiger partial charge in [-0.3, -0.25) is 0 Å². The van der Waals surface area contributed by atoms with Crippen LogP contribution in [0.3, 0.4) is 0 Å². The minimum absolute atomic E-state index is 0.297. The lowest BCUT2D eigenvalue weighted by Gasteiger charge is -2.06. The number of hydrogen-bond acceptors (Lipinski definition) is 1. The second-order valence-corrected chi connectivity index (χ2v) is 4.24. The molecule has 1 nitrogen and oxygen atoms in total. The van der Waals surface area contributed by atoms with Gasteiger partial charge in [0.2, 0.25) is 0 Å². The van der Waals surface area contributed by atoms with Crippen molar-refractivity contribution in [2.75, 3.05) is 0 Å². The smallest absolute Gasteiger partial charge is 0.124 e. The van der Waals surface area contributed by atoms with Crippen molar-refractivity contribution in [1.29, 1.82) is 0 Å². The van der Waals surface area contributed by atoms with Crippen molar-refractivity contribution >= 4 is 33.1 Å². The van der Waals surface area contributed by atoms with Gasteiger partial charge in [-0.15, -0.1) is 0 Å². The van der Waals surface area contributed by atoms with Crippen LogP contribution in [-0.4, -0.2) is 5.11 Å². The number of halogens is 1. The van der Waals surface area contributed by atoms with Gasteiger partial charge in [0.05, 0.1) is 0 Å². The van der Waals surface area contributed by atoms with Crippen LogP contribution in [0.4, 0.5) is 0 Å². The molecule has 0 aromatic heterocycles. The van der Waals surface area contributed by atoms with Crippen molar-refractivity contribution < 1.29 is 5.11 Å². The third-order valence-electron chi connectivity index (χ3n) is 2.80. The molecule has 0 aliphatic heterocycles. The summed E-state index contributed by atoms with van der Waals surface area (Å²) in [5.74, 6) is 0.297. The Bertz CT molecular complexity index is 689. The number of rotatable bonds is 0. The molecule has 0 bridgehead atoms. The van der Waals surface area contributed by atoms with Gasteiger partial charge < -0.3 is 5.11 Å². The molecule has 0 aliphatic rings. The molecule has 1 N–H and O–H groups in total. The molecule has 78 valence electrons. The van der Waals surface area contributed by atoms with Crippen LogP contribution in [0, 0.1) is 0 Å². The maximum atomic E-state index is 9.92. The van der Waals surface area contributed by atoms with Crippen LogP contribution in [-0.2, 0) is 0 Å². The lowest BCUT2D eigenvalue weighted by molar-refractivity contribution is 0.482. The molecule has 0 unspecified atom stereocenters. The maximum absolute atomic E-state index is 9.92. The fraction of sp³-hybridized carbons (Fsp3) is 0. The fourth-order valence-corrected chi connectivity index (χ4v) is 2.23. The summed E-state index contributed by atoms with van der Waals surface area (Å²) in [6.07, 6.45) is 0.